The molecule has 0 aliphatic heterocycles. The molecule has 16 heavy (non-hydrogen) atoms. The topological polar surface area (TPSA) is 38.0 Å². The molecule has 0 aliphatic carbocycles. The summed E-state index contributed by atoms with van der Waals surface area (Å²) in [5.74, 6) is 0. The van der Waals surface area contributed by atoms with Crippen molar-refractivity contribution in [1.29, 1.82) is 0 Å². The summed E-state index contributed by atoms with van der Waals surface area (Å²) in [5.41, 5.74) is 7.01. The number of hydrogen-bond donors (Lipinski definition) is 2. The average Bonchev–Trinajstić information content (AvgIpc) is 2.35. The third-order valence-corrected chi connectivity index (χ3v) is 2.84. The van der Waals surface area contributed by atoms with Crippen LogP contribution in [0.5, 0.6) is 0 Å². The Morgan fingerprint density at radius 1 is 1.12 bits per heavy atom. The molecule has 1 unspecified atom stereocenters. The van der Waals surface area contributed by atoms with Crippen molar-refractivity contribution in [3.8, 4) is 0 Å². The summed E-state index contributed by atoms with van der Waals surface area (Å²) in [7, 11) is 0. The molecule has 0 bridgehead atoms. The summed E-state index contributed by atoms with van der Waals surface area (Å²) in [6.07, 6.45) is 1.00. The van der Waals surface area contributed by atoms with Crippen molar-refractivity contribution in [3.63, 3.8) is 0 Å². The van der Waals surface area contributed by atoms with E-state index in [4.69, 9.17) is 5.73 Å². The molecule has 0 amide bonds. The summed E-state index contributed by atoms with van der Waals surface area (Å²) in [6.45, 7) is 2.93. The Hall–Kier alpha value is -1.54. The van der Waals surface area contributed by atoms with E-state index in [1.165, 1.54) is 10.8 Å². The van der Waals surface area contributed by atoms with Crippen LogP contribution in [-0.4, -0.2) is 12.6 Å². The SMILES string of the molecule is CCC(N)CNc1ccc2ccccc2c1. The first-order valence-corrected chi connectivity index (χ1v) is 5.78. The van der Waals surface area contributed by atoms with E-state index in [2.05, 4.69) is 54.7 Å². The van der Waals surface area contributed by atoms with Gasteiger partial charge in [-0.2, -0.15) is 0 Å². The van der Waals surface area contributed by atoms with Gasteiger partial charge < -0.3 is 11.1 Å². The Kier molecular flexibility index (Phi) is 3.42. The van der Waals surface area contributed by atoms with E-state index in [0.29, 0.717) is 0 Å². The van der Waals surface area contributed by atoms with Gasteiger partial charge in [-0.1, -0.05) is 37.3 Å². The van der Waals surface area contributed by atoms with Crippen LogP contribution in [0.4, 0.5) is 5.69 Å². The minimum absolute atomic E-state index is 0.228. The Labute approximate surface area is 96.5 Å². The lowest BCUT2D eigenvalue weighted by Gasteiger charge is -2.12. The van der Waals surface area contributed by atoms with Crippen LogP contribution in [0, 0.1) is 0 Å². The van der Waals surface area contributed by atoms with E-state index in [0.717, 1.165) is 18.7 Å². The molecule has 84 valence electrons. The lowest BCUT2D eigenvalue weighted by Crippen LogP contribution is -2.27. The van der Waals surface area contributed by atoms with Crippen molar-refractivity contribution in [2.75, 3.05) is 11.9 Å². The van der Waals surface area contributed by atoms with Crippen molar-refractivity contribution in [3.05, 3.63) is 42.5 Å². The molecular formula is C14H18N2. The van der Waals surface area contributed by atoms with Crippen LogP contribution in [0.15, 0.2) is 42.5 Å². The van der Waals surface area contributed by atoms with E-state index in [1.807, 2.05) is 0 Å². The maximum absolute atomic E-state index is 5.87. The van der Waals surface area contributed by atoms with Gasteiger partial charge in [0.1, 0.15) is 0 Å². The maximum atomic E-state index is 5.87. The molecular weight excluding hydrogens is 196 g/mol. The zero-order valence-corrected chi connectivity index (χ0v) is 9.61. The van der Waals surface area contributed by atoms with Gasteiger partial charge in [0.25, 0.3) is 0 Å². The highest BCUT2D eigenvalue weighted by atomic mass is 14.9. The molecule has 2 heteroatoms. The predicted molar refractivity (Wildman–Crippen MR) is 70.7 cm³/mol. The van der Waals surface area contributed by atoms with Gasteiger partial charge in [0.15, 0.2) is 0 Å². The van der Waals surface area contributed by atoms with Gasteiger partial charge in [-0.25, -0.2) is 0 Å². The van der Waals surface area contributed by atoms with E-state index in [-0.39, 0.29) is 6.04 Å². The molecule has 2 aromatic carbocycles. The first-order chi connectivity index (χ1) is 7.79. The van der Waals surface area contributed by atoms with Gasteiger partial charge in [0.2, 0.25) is 0 Å². The number of rotatable bonds is 4. The number of hydrogen-bond acceptors (Lipinski definition) is 2. The summed E-state index contributed by atoms with van der Waals surface area (Å²) < 4.78 is 0. The highest BCUT2D eigenvalue weighted by Crippen LogP contribution is 2.18. The van der Waals surface area contributed by atoms with Crippen molar-refractivity contribution < 1.29 is 0 Å². The second-order valence-electron chi connectivity index (χ2n) is 4.11. The summed E-state index contributed by atoms with van der Waals surface area (Å²) >= 11 is 0. The van der Waals surface area contributed by atoms with Gasteiger partial charge in [-0.3, -0.25) is 0 Å². The van der Waals surface area contributed by atoms with Crippen LogP contribution in [0.25, 0.3) is 10.8 Å². The van der Waals surface area contributed by atoms with E-state index < -0.39 is 0 Å². The van der Waals surface area contributed by atoms with Crippen LogP contribution in [0.3, 0.4) is 0 Å². The summed E-state index contributed by atoms with van der Waals surface area (Å²) in [6, 6.07) is 15.0. The first-order valence-electron chi connectivity index (χ1n) is 5.78. The minimum Gasteiger partial charge on any atom is -0.383 e. The van der Waals surface area contributed by atoms with Crippen LogP contribution < -0.4 is 11.1 Å². The highest BCUT2D eigenvalue weighted by molar-refractivity contribution is 5.85. The van der Waals surface area contributed by atoms with Gasteiger partial charge in [0.05, 0.1) is 0 Å². The highest BCUT2D eigenvalue weighted by Gasteiger charge is 1.99. The van der Waals surface area contributed by atoms with E-state index >= 15 is 0 Å². The number of nitrogens with one attached hydrogen (secondary N) is 1. The zero-order chi connectivity index (χ0) is 11.4. The molecule has 0 heterocycles. The van der Waals surface area contributed by atoms with Crippen LogP contribution in [0.2, 0.25) is 0 Å². The van der Waals surface area contributed by atoms with Crippen molar-refractivity contribution >= 4 is 16.5 Å². The fourth-order valence-corrected chi connectivity index (χ4v) is 1.69. The number of fused-ring (bicyclic) bond motifs is 1. The molecule has 0 saturated heterocycles. The van der Waals surface area contributed by atoms with Crippen molar-refractivity contribution in [1.82, 2.24) is 0 Å². The number of benzene rings is 2. The molecule has 0 fully saturated rings. The molecule has 0 saturated carbocycles. The second kappa shape index (κ2) is 4.99. The summed E-state index contributed by atoms with van der Waals surface area (Å²) in [4.78, 5) is 0. The number of nitrogens with two attached hydrogens (primary N) is 1. The normalized spacial score (nSPS) is 12.6. The largest absolute Gasteiger partial charge is 0.383 e. The fourth-order valence-electron chi connectivity index (χ4n) is 1.69. The lowest BCUT2D eigenvalue weighted by molar-refractivity contribution is 0.679. The minimum atomic E-state index is 0.228. The van der Waals surface area contributed by atoms with E-state index in [9.17, 15) is 0 Å². The lowest BCUT2D eigenvalue weighted by atomic mass is 10.1. The quantitative estimate of drug-likeness (QED) is 0.821. The Bertz CT molecular complexity index is 465. The first kappa shape index (κ1) is 11.0. The van der Waals surface area contributed by atoms with Gasteiger partial charge in [-0.15, -0.1) is 0 Å². The monoisotopic (exact) mass is 214 g/mol. The third kappa shape index (κ3) is 2.52. The Morgan fingerprint density at radius 2 is 1.88 bits per heavy atom. The van der Waals surface area contributed by atoms with Gasteiger partial charge in [-0.05, 0) is 29.3 Å². The van der Waals surface area contributed by atoms with Gasteiger partial charge in [0, 0.05) is 18.3 Å². The van der Waals surface area contributed by atoms with Crippen molar-refractivity contribution in [2.45, 2.75) is 19.4 Å². The molecule has 2 aromatic rings. The van der Waals surface area contributed by atoms with Crippen LogP contribution >= 0.6 is 0 Å². The summed E-state index contributed by atoms with van der Waals surface area (Å²) in [5, 5.41) is 5.90. The van der Waals surface area contributed by atoms with E-state index in [1.54, 1.807) is 0 Å². The Morgan fingerprint density at radius 3 is 2.62 bits per heavy atom. The molecule has 2 rings (SSSR count). The predicted octanol–water partition coefficient (Wildman–Crippen LogP) is 2.99. The molecule has 0 radical (unpaired) electrons. The average molecular weight is 214 g/mol. The molecule has 1 atom stereocenters. The molecule has 3 N–H and O–H groups in total. The second-order valence-corrected chi connectivity index (χ2v) is 4.11. The van der Waals surface area contributed by atoms with Crippen molar-refractivity contribution in [2.24, 2.45) is 5.73 Å². The zero-order valence-electron chi connectivity index (χ0n) is 9.61. The fraction of sp³-hybridized carbons (Fsp3) is 0.286. The van der Waals surface area contributed by atoms with Crippen LogP contribution in [0.1, 0.15) is 13.3 Å². The third-order valence-electron chi connectivity index (χ3n) is 2.84. The van der Waals surface area contributed by atoms with Crippen LogP contribution in [-0.2, 0) is 0 Å². The Balaban J connectivity index is 2.13. The number of anilines is 1. The molecule has 0 aliphatic rings. The smallest absolute Gasteiger partial charge is 0.0347 e. The standard InChI is InChI=1S/C14H18N2/c1-2-13(15)10-16-14-8-7-11-5-3-4-6-12(11)9-14/h3-9,13,16H,2,10,15H2,1H3. The maximum Gasteiger partial charge on any atom is 0.0347 e. The molecule has 0 spiro atoms. The van der Waals surface area contributed by atoms with Gasteiger partial charge >= 0.3 is 0 Å². The molecule has 2 nitrogen and oxygen atoms in total. The molecule has 0 aromatic heterocycles.